The standard InChI is InChI=1S/C13H15N3O/c17-11-6-2-1-5-10(11)9-13-15-14-12-7-3-4-8-16(12)13/h1-2,5-6,17H,3-4,7-9H2. The summed E-state index contributed by atoms with van der Waals surface area (Å²) in [4.78, 5) is 0. The summed E-state index contributed by atoms with van der Waals surface area (Å²) in [5.74, 6) is 2.38. The van der Waals surface area contributed by atoms with E-state index in [1.807, 2.05) is 18.2 Å². The van der Waals surface area contributed by atoms with Crippen LogP contribution in [-0.4, -0.2) is 19.9 Å². The average Bonchev–Trinajstić information content (AvgIpc) is 2.76. The second kappa shape index (κ2) is 4.20. The van der Waals surface area contributed by atoms with E-state index in [1.54, 1.807) is 6.07 Å². The summed E-state index contributed by atoms with van der Waals surface area (Å²) in [6.45, 7) is 1.01. The highest BCUT2D eigenvalue weighted by molar-refractivity contribution is 5.34. The number of phenolic OH excluding ortho intramolecular Hbond substituents is 1. The predicted octanol–water partition coefficient (Wildman–Crippen LogP) is 1.91. The molecule has 0 fully saturated rings. The minimum Gasteiger partial charge on any atom is -0.508 e. The van der Waals surface area contributed by atoms with E-state index in [0.717, 1.165) is 30.2 Å². The lowest BCUT2D eigenvalue weighted by Crippen LogP contribution is -2.13. The van der Waals surface area contributed by atoms with Crippen molar-refractivity contribution in [2.75, 3.05) is 0 Å². The Morgan fingerprint density at radius 3 is 2.94 bits per heavy atom. The second-order valence-electron chi connectivity index (χ2n) is 4.45. The maximum atomic E-state index is 9.76. The Bertz CT molecular complexity index is 533. The molecule has 2 heterocycles. The largest absolute Gasteiger partial charge is 0.508 e. The monoisotopic (exact) mass is 229 g/mol. The molecule has 4 heteroatoms. The van der Waals surface area contributed by atoms with E-state index in [9.17, 15) is 5.11 Å². The third-order valence-corrected chi connectivity index (χ3v) is 3.28. The van der Waals surface area contributed by atoms with Gasteiger partial charge in [-0.05, 0) is 18.9 Å². The molecule has 17 heavy (non-hydrogen) atoms. The highest BCUT2D eigenvalue weighted by Crippen LogP contribution is 2.21. The van der Waals surface area contributed by atoms with Crippen LogP contribution < -0.4 is 0 Å². The van der Waals surface area contributed by atoms with Gasteiger partial charge in [-0.2, -0.15) is 0 Å². The molecular formula is C13H15N3O. The minimum absolute atomic E-state index is 0.334. The van der Waals surface area contributed by atoms with Gasteiger partial charge in [0.25, 0.3) is 0 Å². The van der Waals surface area contributed by atoms with E-state index in [2.05, 4.69) is 14.8 Å². The highest BCUT2D eigenvalue weighted by atomic mass is 16.3. The smallest absolute Gasteiger partial charge is 0.137 e. The first-order valence-corrected chi connectivity index (χ1v) is 6.02. The van der Waals surface area contributed by atoms with Crippen molar-refractivity contribution in [3.8, 4) is 5.75 Å². The van der Waals surface area contributed by atoms with Crippen molar-refractivity contribution in [3.05, 3.63) is 41.5 Å². The first kappa shape index (κ1) is 10.3. The first-order valence-electron chi connectivity index (χ1n) is 6.02. The van der Waals surface area contributed by atoms with Crippen LogP contribution >= 0.6 is 0 Å². The zero-order valence-corrected chi connectivity index (χ0v) is 9.63. The second-order valence-corrected chi connectivity index (χ2v) is 4.45. The molecule has 0 unspecified atom stereocenters. The van der Waals surface area contributed by atoms with E-state index in [1.165, 1.54) is 12.8 Å². The fourth-order valence-electron chi connectivity index (χ4n) is 2.33. The number of aryl methyl sites for hydroxylation is 1. The van der Waals surface area contributed by atoms with Gasteiger partial charge >= 0.3 is 0 Å². The maximum absolute atomic E-state index is 9.76. The van der Waals surface area contributed by atoms with Crippen molar-refractivity contribution < 1.29 is 5.11 Å². The molecule has 0 radical (unpaired) electrons. The zero-order valence-electron chi connectivity index (χ0n) is 9.63. The Hall–Kier alpha value is -1.84. The number of nitrogens with zero attached hydrogens (tertiary/aromatic N) is 3. The maximum Gasteiger partial charge on any atom is 0.137 e. The molecule has 0 saturated heterocycles. The summed E-state index contributed by atoms with van der Waals surface area (Å²) in [7, 11) is 0. The molecule has 88 valence electrons. The van der Waals surface area contributed by atoms with Crippen LogP contribution in [0.2, 0.25) is 0 Å². The lowest BCUT2D eigenvalue weighted by Gasteiger charge is -2.14. The number of para-hydroxylation sites is 1. The number of fused-ring (bicyclic) bond motifs is 1. The van der Waals surface area contributed by atoms with Gasteiger partial charge in [0, 0.05) is 24.9 Å². The summed E-state index contributed by atoms with van der Waals surface area (Å²) in [6, 6.07) is 7.41. The van der Waals surface area contributed by atoms with Crippen molar-refractivity contribution in [2.45, 2.75) is 32.2 Å². The van der Waals surface area contributed by atoms with E-state index >= 15 is 0 Å². The quantitative estimate of drug-likeness (QED) is 0.855. The third-order valence-electron chi connectivity index (χ3n) is 3.28. The lowest BCUT2D eigenvalue weighted by molar-refractivity contribution is 0.467. The van der Waals surface area contributed by atoms with Crippen LogP contribution in [0, 0.1) is 0 Å². The Balaban J connectivity index is 1.91. The first-order chi connectivity index (χ1) is 8.34. The van der Waals surface area contributed by atoms with Gasteiger partial charge in [-0.15, -0.1) is 10.2 Å². The van der Waals surface area contributed by atoms with Gasteiger partial charge in [0.05, 0.1) is 0 Å². The highest BCUT2D eigenvalue weighted by Gasteiger charge is 2.16. The molecule has 0 saturated carbocycles. The Kier molecular flexibility index (Phi) is 2.55. The fraction of sp³-hybridized carbons (Fsp3) is 0.385. The Morgan fingerprint density at radius 1 is 1.18 bits per heavy atom. The molecule has 2 aromatic rings. The molecule has 4 nitrogen and oxygen atoms in total. The number of rotatable bonds is 2. The van der Waals surface area contributed by atoms with E-state index in [-0.39, 0.29) is 0 Å². The van der Waals surface area contributed by atoms with Gasteiger partial charge < -0.3 is 9.67 Å². The summed E-state index contributed by atoms with van der Waals surface area (Å²) >= 11 is 0. The van der Waals surface area contributed by atoms with Crippen molar-refractivity contribution in [3.63, 3.8) is 0 Å². The predicted molar refractivity (Wildman–Crippen MR) is 63.9 cm³/mol. The molecular weight excluding hydrogens is 214 g/mol. The van der Waals surface area contributed by atoms with Crippen LogP contribution in [0.4, 0.5) is 0 Å². The molecule has 0 bridgehead atoms. The minimum atomic E-state index is 0.334. The lowest BCUT2D eigenvalue weighted by atomic mass is 10.1. The van der Waals surface area contributed by atoms with Crippen LogP contribution in [0.25, 0.3) is 0 Å². The summed E-state index contributed by atoms with van der Waals surface area (Å²) in [6.07, 6.45) is 4.07. The van der Waals surface area contributed by atoms with E-state index < -0.39 is 0 Å². The molecule has 0 atom stereocenters. The molecule has 1 aromatic carbocycles. The van der Waals surface area contributed by atoms with Gasteiger partial charge in [-0.3, -0.25) is 0 Å². The SMILES string of the molecule is Oc1ccccc1Cc1nnc2n1CCCC2. The van der Waals surface area contributed by atoms with Crippen LogP contribution in [0.15, 0.2) is 24.3 Å². The van der Waals surface area contributed by atoms with Gasteiger partial charge in [0.1, 0.15) is 17.4 Å². The third kappa shape index (κ3) is 1.90. The summed E-state index contributed by atoms with van der Waals surface area (Å²) < 4.78 is 2.19. The fourth-order valence-corrected chi connectivity index (χ4v) is 2.33. The van der Waals surface area contributed by atoms with Crippen molar-refractivity contribution in [1.29, 1.82) is 0 Å². The van der Waals surface area contributed by atoms with Crippen LogP contribution in [0.3, 0.4) is 0 Å². The number of benzene rings is 1. The number of hydrogen-bond acceptors (Lipinski definition) is 3. The number of aromatic hydroxyl groups is 1. The molecule has 1 aliphatic heterocycles. The molecule has 1 aliphatic rings. The van der Waals surface area contributed by atoms with Crippen LogP contribution in [0.1, 0.15) is 30.1 Å². The molecule has 0 spiro atoms. The summed E-state index contributed by atoms with van der Waals surface area (Å²) in [5.41, 5.74) is 0.910. The van der Waals surface area contributed by atoms with Crippen LogP contribution in [0.5, 0.6) is 5.75 Å². The van der Waals surface area contributed by atoms with E-state index in [4.69, 9.17) is 0 Å². The Labute approximate surface area is 99.9 Å². The van der Waals surface area contributed by atoms with Gasteiger partial charge in [0.2, 0.25) is 0 Å². The molecule has 0 aliphatic carbocycles. The van der Waals surface area contributed by atoms with Crippen molar-refractivity contribution >= 4 is 0 Å². The molecule has 1 aromatic heterocycles. The number of phenols is 1. The topological polar surface area (TPSA) is 50.9 Å². The molecule has 0 amide bonds. The van der Waals surface area contributed by atoms with Gasteiger partial charge in [-0.25, -0.2) is 0 Å². The van der Waals surface area contributed by atoms with Gasteiger partial charge in [0.15, 0.2) is 0 Å². The van der Waals surface area contributed by atoms with E-state index in [0.29, 0.717) is 12.2 Å². The Morgan fingerprint density at radius 2 is 2.06 bits per heavy atom. The van der Waals surface area contributed by atoms with Crippen molar-refractivity contribution in [1.82, 2.24) is 14.8 Å². The summed E-state index contributed by atoms with van der Waals surface area (Å²) in [5, 5.41) is 18.2. The zero-order chi connectivity index (χ0) is 11.7. The van der Waals surface area contributed by atoms with Crippen molar-refractivity contribution in [2.24, 2.45) is 0 Å². The van der Waals surface area contributed by atoms with Crippen LogP contribution in [-0.2, 0) is 19.4 Å². The number of aromatic nitrogens is 3. The van der Waals surface area contributed by atoms with Gasteiger partial charge in [-0.1, -0.05) is 18.2 Å². The average molecular weight is 229 g/mol. The molecule has 3 rings (SSSR count). The number of hydrogen-bond donors (Lipinski definition) is 1. The molecule has 1 N–H and O–H groups in total. The normalized spacial score (nSPS) is 14.6.